The molecular weight excluding hydrogens is 414 g/mol. The third-order valence-electron chi connectivity index (χ3n) is 6.83. The molecule has 0 unspecified atom stereocenters. The number of ether oxygens (including phenoxy) is 3. The minimum atomic E-state index is 0.210. The standard InChI is InChI=1S/C28H27NO4/c30-16-22-7-4-10-29(22)15-21-11-20-12-27-28(33-18-32-27)14-25(20)26-13-23(8-9-24(21)26)31-17-19-5-2-1-3-6-19/h1-3,5-6,8-9,11-14,22,30H,4,7,10,15-18H2/t22-/m0/s1. The van der Waals surface area contributed by atoms with Crippen molar-refractivity contribution < 1.29 is 19.3 Å². The lowest BCUT2D eigenvalue weighted by atomic mass is 9.96. The molecule has 1 fully saturated rings. The van der Waals surface area contributed by atoms with E-state index in [1.165, 1.54) is 10.9 Å². The molecule has 0 amide bonds. The topological polar surface area (TPSA) is 51.2 Å². The number of benzene rings is 4. The second-order valence-electron chi connectivity index (χ2n) is 8.89. The zero-order valence-corrected chi connectivity index (χ0v) is 18.5. The lowest BCUT2D eigenvalue weighted by Gasteiger charge is -2.24. The Morgan fingerprint density at radius 2 is 1.76 bits per heavy atom. The van der Waals surface area contributed by atoms with Crippen LogP contribution in [-0.2, 0) is 13.2 Å². The maximum absolute atomic E-state index is 9.81. The Bertz CT molecular complexity index is 1300. The van der Waals surface area contributed by atoms with E-state index in [1.54, 1.807) is 0 Å². The van der Waals surface area contributed by atoms with Crippen LogP contribution in [0, 0.1) is 0 Å². The van der Waals surface area contributed by atoms with E-state index >= 15 is 0 Å². The fourth-order valence-corrected chi connectivity index (χ4v) is 5.09. The molecule has 4 aromatic carbocycles. The van der Waals surface area contributed by atoms with Crippen molar-refractivity contribution in [3.63, 3.8) is 0 Å². The molecule has 1 atom stereocenters. The van der Waals surface area contributed by atoms with Gasteiger partial charge in [-0.15, -0.1) is 0 Å². The van der Waals surface area contributed by atoms with Crippen molar-refractivity contribution in [3.8, 4) is 17.2 Å². The molecule has 5 heteroatoms. The third kappa shape index (κ3) is 3.88. The quantitative estimate of drug-likeness (QED) is 0.414. The molecule has 4 aromatic rings. The fourth-order valence-electron chi connectivity index (χ4n) is 5.09. The van der Waals surface area contributed by atoms with Crippen molar-refractivity contribution in [2.45, 2.75) is 32.0 Å². The molecule has 0 bridgehead atoms. The van der Waals surface area contributed by atoms with Crippen LogP contribution in [0.2, 0.25) is 0 Å². The van der Waals surface area contributed by atoms with E-state index in [9.17, 15) is 5.11 Å². The lowest BCUT2D eigenvalue weighted by molar-refractivity contribution is 0.154. The first-order valence-corrected chi connectivity index (χ1v) is 11.6. The molecule has 6 rings (SSSR count). The first-order valence-electron chi connectivity index (χ1n) is 11.6. The van der Waals surface area contributed by atoms with E-state index in [0.717, 1.165) is 64.9 Å². The lowest BCUT2D eigenvalue weighted by Crippen LogP contribution is -2.31. The van der Waals surface area contributed by atoms with Crippen molar-refractivity contribution in [1.29, 1.82) is 0 Å². The Kier molecular flexibility index (Phi) is 5.29. The van der Waals surface area contributed by atoms with Gasteiger partial charge in [0.05, 0.1) is 6.61 Å². The number of rotatable bonds is 6. The number of aliphatic hydroxyl groups is 1. The summed E-state index contributed by atoms with van der Waals surface area (Å²) in [5.41, 5.74) is 2.40. The summed E-state index contributed by atoms with van der Waals surface area (Å²) in [6.07, 6.45) is 2.19. The zero-order valence-electron chi connectivity index (χ0n) is 18.5. The molecule has 2 aliphatic heterocycles. The van der Waals surface area contributed by atoms with E-state index < -0.39 is 0 Å². The van der Waals surface area contributed by atoms with Gasteiger partial charge in [-0.2, -0.15) is 0 Å². The molecule has 2 aliphatic rings. The van der Waals surface area contributed by atoms with Crippen LogP contribution in [0.3, 0.4) is 0 Å². The zero-order chi connectivity index (χ0) is 22.2. The van der Waals surface area contributed by atoms with Gasteiger partial charge in [-0.1, -0.05) is 36.4 Å². The van der Waals surface area contributed by atoms with Crippen LogP contribution in [0.4, 0.5) is 0 Å². The van der Waals surface area contributed by atoms with Gasteiger partial charge >= 0.3 is 0 Å². The van der Waals surface area contributed by atoms with Crippen LogP contribution >= 0.6 is 0 Å². The Labute approximate surface area is 193 Å². The van der Waals surface area contributed by atoms with Crippen LogP contribution in [0.25, 0.3) is 21.5 Å². The maximum Gasteiger partial charge on any atom is 0.231 e. The SMILES string of the molecule is OC[C@@H]1CCCN1Cc1cc2cc3c(cc2c2cc(OCc4ccccc4)ccc12)OCO3. The molecule has 1 N–H and O–H groups in total. The fraction of sp³-hybridized carbons (Fsp3) is 0.286. The van der Waals surface area contributed by atoms with Crippen molar-refractivity contribution in [2.24, 2.45) is 0 Å². The minimum absolute atomic E-state index is 0.210. The van der Waals surface area contributed by atoms with E-state index in [-0.39, 0.29) is 19.4 Å². The molecule has 0 aliphatic carbocycles. The molecule has 0 aromatic heterocycles. The molecule has 168 valence electrons. The molecule has 0 radical (unpaired) electrons. The van der Waals surface area contributed by atoms with Crippen molar-refractivity contribution >= 4 is 21.5 Å². The van der Waals surface area contributed by atoms with Crippen molar-refractivity contribution in [3.05, 3.63) is 77.9 Å². The van der Waals surface area contributed by atoms with Crippen LogP contribution in [-0.4, -0.2) is 36.0 Å². The number of likely N-dealkylation sites (tertiary alicyclic amines) is 1. The van der Waals surface area contributed by atoms with Gasteiger partial charge in [0.1, 0.15) is 12.4 Å². The highest BCUT2D eigenvalue weighted by molar-refractivity contribution is 6.10. The summed E-state index contributed by atoms with van der Waals surface area (Å²) in [5, 5.41) is 14.4. The van der Waals surface area contributed by atoms with Gasteiger partial charge in [0.15, 0.2) is 11.5 Å². The molecule has 33 heavy (non-hydrogen) atoms. The predicted molar refractivity (Wildman–Crippen MR) is 129 cm³/mol. The van der Waals surface area contributed by atoms with Gasteiger partial charge in [0.25, 0.3) is 0 Å². The summed E-state index contributed by atoms with van der Waals surface area (Å²) in [7, 11) is 0. The molecule has 1 saturated heterocycles. The maximum atomic E-state index is 9.81. The van der Waals surface area contributed by atoms with Crippen molar-refractivity contribution in [1.82, 2.24) is 4.90 Å². The number of fused-ring (bicyclic) bond motifs is 4. The van der Waals surface area contributed by atoms with E-state index in [4.69, 9.17) is 14.2 Å². The van der Waals surface area contributed by atoms with Gasteiger partial charge in [-0.05, 0) is 82.4 Å². The van der Waals surface area contributed by atoms with Gasteiger partial charge in [0, 0.05) is 12.6 Å². The van der Waals surface area contributed by atoms with E-state index in [0.29, 0.717) is 6.61 Å². The highest BCUT2D eigenvalue weighted by Crippen LogP contribution is 2.41. The highest BCUT2D eigenvalue weighted by atomic mass is 16.7. The Morgan fingerprint density at radius 1 is 0.909 bits per heavy atom. The number of aliphatic hydroxyl groups excluding tert-OH is 1. The van der Waals surface area contributed by atoms with Crippen LogP contribution in [0.5, 0.6) is 17.2 Å². The van der Waals surface area contributed by atoms with Crippen molar-refractivity contribution in [2.75, 3.05) is 19.9 Å². The van der Waals surface area contributed by atoms with Gasteiger partial charge in [-0.3, -0.25) is 4.90 Å². The van der Waals surface area contributed by atoms with Crippen LogP contribution in [0.1, 0.15) is 24.0 Å². The summed E-state index contributed by atoms with van der Waals surface area (Å²) < 4.78 is 17.5. The van der Waals surface area contributed by atoms with Crippen LogP contribution < -0.4 is 14.2 Å². The number of hydrogen-bond acceptors (Lipinski definition) is 5. The normalized spacial score (nSPS) is 17.8. The monoisotopic (exact) mass is 441 g/mol. The number of hydrogen-bond donors (Lipinski definition) is 1. The summed E-state index contributed by atoms with van der Waals surface area (Å²) >= 11 is 0. The first kappa shape index (κ1) is 20.3. The molecule has 2 heterocycles. The smallest absolute Gasteiger partial charge is 0.231 e. The molecule has 0 spiro atoms. The van der Waals surface area contributed by atoms with E-state index in [2.05, 4.69) is 53.4 Å². The van der Waals surface area contributed by atoms with Crippen LogP contribution in [0.15, 0.2) is 66.7 Å². The number of nitrogens with zero attached hydrogens (tertiary/aromatic N) is 1. The largest absolute Gasteiger partial charge is 0.489 e. The average molecular weight is 442 g/mol. The minimum Gasteiger partial charge on any atom is -0.489 e. The summed E-state index contributed by atoms with van der Waals surface area (Å²) in [4.78, 5) is 2.40. The summed E-state index contributed by atoms with van der Waals surface area (Å²) in [5.74, 6) is 2.42. The Balaban J connectivity index is 1.43. The average Bonchev–Trinajstić information content (AvgIpc) is 3.51. The van der Waals surface area contributed by atoms with Gasteiger partial charge < -0.3 is 19.3 Å². The summed E-state index contributed by atoms with van der Waals surface area (Å²) in [6, 6.07) is 23.2. The Hall–Kier alpha value is -3.28. The molecule has 5 nitrogen and oxygen atoms in total. The van der Waals surface area contributed by atoms with Gasteiger partial charge in [0.2, 0.25) is 6.79 Å². The van der Waals surface area contributed by atoms with E-state index in [1.807, 2.05) is 18.2 Å². The predicted octanol–water partition coefficient (Wildman–Crippen LogP) is 5.26. The molecule has 0 saturated carbocycles. The van der Waals surface area contributed by atoms with Gasteiger partial charge in [-0.25, -0.2) is 0 Å². The second-order valence-corrected chi connectivity index (χ2v) is 8.89. The summed E-state index contributed by atoms with van der Waals surface area (Å²) in [6.45, 7) is 2.83. The Morgan fingerprint density at radius 3 is 2.61 bits per heavy atom. The first-order chi connectivity index (χ1) is 16.3. The second kappa shape index (κ2) is 8.58. The highest BCUT2D eigenvalue weighted by Gasteiger charge is 2.25. The molecular formula is C28H27NO4. The third-order valence-corrected chi connectivity index (χ3v) is 6.83.